The molecule has 4 atom stereocenters. The lowest BCUT2D eigenvalue weighted by atomic mass is 9.75. The summed E-state index contributed by atoms with van der Waals surface area (Å²) < 4.78 is 22.3. The van der Waals surface area contributed by atoms with Gasteiger partial charge in [-0.2, -0.15) is 0 Å². The van der Waals surface area contributed by atoms with Crippen molar-refractivity contribution in [1.82, 2.24) is 9.97 Å². The molecule has 8 N–H and O–H groups in total. The quantitative estimate of drug-likeness (QED) is 0.0103. The first-order chi connectivity index (χ1) is 39.2. The zero-order valence-electron chi connectivity index (χ0n) is 45.5. The monoisotopic (exact) mass is 1100 g/mol. The molecule has 8 aromatic rings. The van der Waals surface area contributed by atoms with Gasteiger partial charge in [-0.05, 0) is 98.5 Å². The van der Waals surface area contributed by atoms with E-state index in [0.717, 1.165) is 105 Å². The van der Waals surface area contributed by atoms with E-state index in [4.69, 9.17) is 28.9 Å². The summed E-state index contributed by atoms with van der Waals surface area (Å²) in [6.07, 6.45) is 8.46. The molecule has 1 fully saturated rings. The number of phenols is 4. The number of carbonyl (C=O) groups is 3. The minimum absolute atomic E-state index is 0.244. The lowest BCUT2D eigenvalue weighted by Crippen LogP contribution is -2.56. The third-order valence-corrected chi connectivity index (χ3v) is 14.0. The highest BCUT2D eigenvalue weighted by Crippen LogP contribution is 2.40. The number of fused-ring (bicyclic) bond motifs is 4. The van der Waals surface area contributed by atoms with Crippen LogP contribution in [-0.4, -0.2) is 103 Å². The van der Waals surface area contributed by atoms with Gasteiger partial charge in [0.25, 0.3) is 0 Å². The number of unbranched alkanes of at least 4 members (excludes halogenated alkanes) is 5. The second-order valence-electron chi connectivity index (χ2n) is 19.9. The Morgan fingerprint density at radius 1 is 0.580 bits per heavy atom. The zero-order valence-corrected chi connectivity index (χ0v) is 45.5. The number of aliphatic carboxylic acids is 1. The summed E-state index contributed by atoms with van der Waals surface area (Å²) in [5.74, 6) is -3.78. The van der Waals surface area contributed by atoms with Crippen LogP contribution in [0.4, 0.5) is 11.4 Å². The van der Waals surface area contributed by atoms with E-state index in [-0.39, 0.29) is 23.7 Å². The Hall–Kier alpha value is -9.09. The molecule has 1 saturated carbocycles. The van der Waals surface area contributed by atoms with E-state index >= 15 is 0 Å². The maximum atomic E-state index is 12.4. The van der Waals surface area contributed by atoms with Crippen LogP contribution in [0.25, 0.3) is 55.8 Å². The number of hydrogen-bond donors (Lipinski definition) is 8. The van der Waals surface area contributed by atoms with E-state index in [9.17, 15) is 45.0 Å². The number of carboxylic acid groups (broad SMARTS) is 1. The summed E-state index contributed by atoms with van der Waals surface area (Å²) in [5, 5.41) is 70.2. The van der Waals surface area contributed by atoms with Gasteiger partial charge in [0.15, 0.2) is 23.0 Å². The van der Waals surface area contributed by atoms with Crippen LogP contribution in [0.5, 0.6) is 34.5 Å². The molecular weight excluding hydrogens is 1030 g/mol. The molecule has 2 aromatic heterocycles. The standard InChI is InChI=1S/C38H42N4O2.C26H26O11/c1-3-43-33-23-15-19-29-35(27-17-9-11-21-31(27)41-37(29)33)39-25-13-7-5-6-8-14-26-40-36-28-18-10-12-22-32(28)42-38-30(36)20-16-24-34(38)44-4-2;1-14-12-26(25(34)35,37-23(33)9-5-16-3-7-18(28)20(30)11-16)13-21(31)24(14)36-22(32)8-4-15-2-6-17(27)19(29)10-15/h9-12,15-24H,3-8,13-14,25-26H2,1-2H3,(H,39,41)(H,40,42);2-11,14,21,24,27-31H,12-13H2,1H3,(H,34,35)/b;8-4+,9-5+/t;14-,21-,24+,26-/m.1/s1. The van der Waals surface area contributed by atoms with Crippen molar-refractivity contribution in [2.75, 3.05) is 36.9 Å². The van der Waals surface area contributed by atoms with Crippen LogP contribution in [0.3, 0.4) is 0 Å². The van der Waals surface area contributed by atoms with Crippen LogP contribution in [0.1, 0.15) is 83.3 Å². The maximum absolute atomic E-state index is 12.4. The van der Waals surface area contributed by atoms with Crippen molar-refractivity contribution in [3.05, 3.63) is 145 Å². The fraction of sp³-hybridized carbons (Fsp3) is 0.297. The first-order valence-electron chi connectivity index (χ1n) is 27.3. The van der Waals surface area contributed by atoms with Crippen LogP contribution in [0.2, 0.25) is 0 Å². The molecule has 422 valence electrons. The molecule has 0 spiro atoms. The molecular formula is C64H68N4O13. The molecule has 1 aliphatic rings. The van der Waals surface area contributed by atoms with Crippen LogP contribution in [-0.2, 0) is 23.9 Å². The van der Waals surface area contributed by atoms with E-state index in [1.165, 1.54) is 74.2 Å². The normalized spacial score (nSPS) is 17.0. The molecule has 1 aliphatic carbocycles. The van der Waals surface area contributed by atoms with Crippen molar-refractivity contribution >= 4 is 85.0 Å². The highest BCUT2D eigenvalue weighted by Gasteiger charge is 2.53. The Bertz CT molecular complexity index is 3430. The highest BCUT2D eigenvalue weighted by atomic mass is 16.6. The average Bonchev–Trinajstić information content (AvgIpc) is 3.55. The van der Waals surface area contributed by atoms with Gasteiger partial charge >= 0.3 is 17.9 Å². The number of anilines is 2. The summed E-state index contributed by atoms with van der Waals surface area (Å²) in [4.78, 5) is 46.6. The molecule has 81 heavy (non-hydrogen) atoms. The topological polar surface area (TPSA) is 259 Å². The van der Waals surface area contributed by atoms with Gasteiger partial charge in [-0.1, -0.05) is 105 Å². The van der Waals surface area contributed by atoms with E-state index in [1.54, 1.807) is 6.92 Å². The van der Waals surface area contributed by atoms with Gasteiger partial charge in [0.05, 0.1) is 41.7 Å². The summed E-state index contributed by atoms with van der Waals surface area (Å²) in [6.45, 7) is 8.70. The molecule has 0 aliphatic heterocycles. The first kappa shape index (κ1) is 58.1. The largest absolute Gasteiger partial charge is 0.504 e. The van der Waals surface area contributed by atoms with Gasteiger partial charge in [-0.15, -0.1) is 0 Å². The molecule has 0 unspecified atom stereocenters. The van der Waals surface area contributed by atoms with E-state index < -0.39 is 53.8 Å². The van der Waals surface area contributed by atoms with Crippen molar-refractivity contribution in [3.63, 3.8) is 0 Å². The van der Waals surface area contributed by atoms with Gasteiger partial charge in [0.1, 0.15) is 28.6 Å². The molecule has 9 rings (SSSR count). The SMILES string of the molecule is CCOc1cccc2c(NCCCCCCCCNc3c4ccccc4nc4c(OCC)cccc34)c3ccccc3nc12.C[C@@H]1C[C@](OC(=O)/C=C/c2ccc(O)c(O)c2)(C(=O)O)C[C@@H](O)[C@H]1OC(=O)/C=C/c1ccc(O)c(O)c1. The number of aromatic nitrogens is 2. The number of aromatic hydroxyl groups is 4. The number of carboxylic acids is 1. The average molecular weight is 1100 g/mol. The molecule has 0 amide bonds. The van der Waals surface area contributed by atoms with Crippen molar-refractivity contribution in [2.45, 2.75) is 89.9 Å². The Labute approximate surface area is 469 Å². The Balaban J connectivity index is 0.000000216. The van der Waals surface area contributed by atoms with Crippen LogP contribution >= 0.6 is 0 Å². The first-order valence-corrected chi connectivity index (χ1v) is 27.3. The number of esters is 2. The van der Waals surface area contributed by atoms with Gasteiger partial charge in [0.2, 0.25) is 5.60 Å². The molecule has 2 heterocycles. The third-order valence-electron chi connectivity index (χ3n) is 14.0. The van der Waals surface area contributed by atoms with Crippen molar-refractivity contribution in [2.24, 2.45) is 5.92 Å². The Morgan fingerprint density at radius 2 is 1.04 bits per heavy atom. The molecule has 17 nitrogen and oxygen atoms in total. The third kappa shape index (κ3) is 14.4. The number of nitrogens with zero attached hydrogens (tertiary/aromatic N) is 2. The number of rotatable bonds is 22. The molecule has 0 bridgehead atoms. The number of ether oxygens (including phenoxy) is 4. The van der Waals surface area contributed by atoms with Gasteiger partial charge in [-0.3, -0.25) is 0 Å². The molecule has 17 heteroatoms. The lowest BCUT2D eigenvalue weighted by Gasteiger charge is -2.42. The van der Waals surface area contributed by atoms with E-state index in [0.29, 0.717) is 24.3 Å². The number of hydrogen-bond acceptors (Lipinski definition) is 16. The summed E-state index contributed by atoms with van der Waals surface area (Å²) in [5.41, 5.74) is 4.81. The number of pyridine rings is 2. The number of nitrogens with one attached hydrogen (secondary N) is 2. The fourth-order valence-electron chi connectivity index (χ4n) is 10.1. The molecule has 6 aromatic carbocycles. The van der Waals surface area contributed by atoms with Crippen molar-refractivity contribution < 1.29 is 64.0 Å². The maximum Gasteiger partial charge on any atom is 0.348 e. The van der Waals surface area contributed by atoms with Gasteiger partial charge in [-0.25, -0.2) is 24.4 Å². The number of aliphatic hydroxyl groups is 1. The zero-order chi connectivity index (χ0) is 57.5. The van der Waals surface area contributed by atoms with Gasteiger partial charge in [0, 0.05) is 65.5 Å². The molecule has 0 saturated heterocycles. The van der Waals surface area contributed by atoms with Crippen molar-refractivity contribution in [1.29, 1.82) is 0 Å². The number of para-hydroxylation sites is 4. The van der Waals surface area contributed by atoms with Crippen molar-refractivity contribution in [3.8, 4) is 34.5 Å². The minimum Gasteiger partial charge on any atom is -0.504 e. The minimum atomic E-state index is -2.07. The van der Waals surface area contributed by atoms with Gasteiger partial charge < -0.3 is 60.2 Å². The second kappa shape index (κ2) is 27.2. The van der Waals surface area contributed by atoms with Crippen LogP contribution in [0, 0.1) is 5.92 Å². The molecule has 0 radical (unpaired) electrons. The highest BCUT2D eigenvalue weighted by molar-refractivity contribution is 6.10. The Kier molecular flexibility index (Phi) is 19.5. The number of aliphatic hydroxyl groups excluding tert-OH is 1. The van der Waals surface area contributed by atoms with Crippen LogP contribution < -0.4 is 20.1 Å². The van der Waals surface area contributed by atoms with Crippen LogP contribution in [0.15, 0.2) is 133 Å². The number of phenolic OH excluding ortho intramolecular Hbond substituents is 4. The number of carbonyl (C=O) groups excluding carboxylic acids is 2. The summed E-state index contributed by atoms with van der Waals surface area (Å²) >= 11 is 0. The summed E-state index contributed by atoms with van der Waals surface area (Å²) in [6, 6.07) is 36.9. The fourth-order valence-corrected chi connectivity index (χ4v) is 10.1. The predicted molar refractivity (Wildman–Crippen MR) is 314 cm³/mol. The predicted octanol–water partition coefficient (Wildman–Crippen LogP) is 12.1. The smallest absolute Gasteiger partial charge is 0.348 e. The second-order valence-corrected chi connectivity index (χ2v) is 19.9. The lowest BCUT2D eigenvalue weighted by molar-refractivity contribution is -0.199. The number of benzene rings is 6. The van der Waals surface area contributed by atoms with E-state index in [2.05, 4.69) is 71.3 Å². The van der Waals surface area contributed by atoms with E-state index in [1.807, 2.05) is 38.1 Å². The Morgan fingerprint density at radius 3 is 1.49 bits per heavy atom. The summed E-state index contributed by atoms with van der Waals surface area (Å²) in [7, 11) is 0.